The first-order valence-electron chi connectivity index (χ1n) is 15.0. The smallest absolute Gasteiger partial charge is 0.337 e. The Labute approximate surface area is 266 Å². The fraction of sp³-hybridized carbons (Fsp3) is 0.154. The van der Waals surface area contributed by atoms with Gasteiger partial charge in [0, 0.05) is 27.3 Å². The van der Waals surface area contributed by atoms with E-state index in [4.69, 9.17) is 9.47 Å². The summed E-state index contributed by atoms with van der Waals surface area (Å²) < 4.78 is 27.8. The summed E-state index contributed by atoms with van der Waals surface area (Å²) in [5.74, 6) is -0.344. The van der Waals surface area contributed by atoms with Gasteiger partial charge in [0.05, 0.1) is 37.1 Å². The van der Waals surface area contributed by atoms with Gasteiger partial charge in [0.2, 0.25) is 0 Å². The van der Waals surface area contributed by atoms with Gasteiger partial charge < -0.3 is 9.47 Å². The maximum absolute atomic E-state index is 15.1. The quantitative estimate of drug-likeness (QED) is 0.168. The maximum atomic E-state index is 15.1. The van der Waals surface area contributed by atoms with Crippen LogP contribution in [0.2, 0.25) is 0 Å². The molecule has 45 heavy (non-hydrogen) atoms. The Bertz CT molecular complexity index is 2060. The summed E-state index contributed by atoms with van der Waals surface area (Å²) in [6.45, 7) is 5.43. The molecule has 0 amide bonds. The molecule has 0 atom stereocenters. The zero-order valence-electron chi connectivity index (χ0n) is 25.3. The van der Waals surface area contributed by atoms with Crippen molar-refractivity contribution in [2.24, 2.45) is 0 Å². The number of hydrogen-bond acceptors (Lipinski definition) is 4. The van der Waals surface area contributed by atoms with Crippen molar-refractivity contribution in [1.82, 2.24) is 3.97 Å². The SMILES string of the molecule is COC(=O)c1ccc(-c2cccc(-c3c(-c4ccccc4C4COC4)c4cc(F)ccc4n3Sc3ccc(C)cc3)c2)c(C)c1. The molecule has 2 heterocycles. The summed E-state index contributed by atoms with van der Waals surface area (Å²) >= 11 is 1.63. The van der Waals surface area contributed by atoms with Crippen LogP contribution >= 0.6 is 11.9 Å². The minimum absolute atomic E-state index is 0.271. The summed E-state index contributed by atoms with van der Waals surface area (Å²) in [6.07, 6.45) is 0. The molecule has 224 valence electrons. The first kappa shape index (κ1) is 29.1. The van der Waals surface area contributed by atoms with Crippen LogP contribution in [0.1, 0.15) is 33.0 Å². The van der Waals surface area contributed by atoms with Crippen LogP contribution in [0.5, 0.6) is 0 Å². The van der Waals surface area contributed by atoms with Crippen LogP contribution in [-0.4, -0.2) is 30.3 Å². The van der Waals surface area contributed by atoms with Crippen molar-refractivity contribution < 1.29 is 18.7 Å². The molecule has 6 heteroatoms. The van der Waals surface area contributed by atoms with Crippen LogP contribution < -0.4 is 0 Å². The van der Waals surface area contributed by atoms with Crippen molar-refractivity contribution in [2.75, 3.05) is 20.3 Å². The van der Waals surface area contributed by atoms with Gasteiger partial charge in [0.1, 0.15) is 5.82 Å². The molecule has 0 saturated carbocycles. The fourth-order valence-corrected chi connectivity index (χ4v) is 7.15. The highest BCUT2D eigenvalue weighted by Crippen LogP contribution is 2.47. The zero-order chi connectivity index (χ0) is 31.1. The normalized spacial score (nSPS) is 13.2. The summed E-state index contributed by atoms with van der Waals surface area (Å²) in [4.78, 5) is 13.3. The minimum atomic E-state index is -0.358. The van der Waals surface area contributed by atoms with Gasteiger partial charge in [-0.15, -0.1) is 0 Å². The lowest BCUT2D eigenvalue weighted by Gasteiger charge is -2.28. The Morgan fingerprint density at radius 1 is 0.844 bits per heavy atom. The number of methoxy groups -OCH3 is 1. The Kier molecular flexibility index (Phi) is 7.78. The number of hydrogen-bond donors (Lipinski definition) is 0. The number of halogens is 1. The van der Waals surface area contributed by atoms with Gasteiger partial charge in [-0.05, 0) is 102 Å². The highest BCUT2D eigenvalue weighted by atomic mass is 32.2. The number of esters is 1. The zero-order valence-corrected chi connectivity index (χ0v) is 26.2. The average molecular weight is 614 g/mol. The van der Waals surface area contributed by atoms with Gasteiger partial charge in [-0.25, -0.2) is 9.18 Å². The van der Waals surface area contributed by atoms with E-state index in [0.29, 0.717) is 18.8 Å². The average Bonchev–Trinajstić information content (AvgIpc) is 3.33. The second kappa shape index (κ2) is 12.0. The van der Waals surface area contributed by atoms with E-state index >= 15 is 4.39 Å². The third kappa shape index (κ3) is 5.45. The van der Waals surface area contributed by atoms with Crippen molar-refractivity contribution in [3.8, 4) is 33.5 Å². The van der Waals surface area contributed by atoms with Crippen LogP contribution in [0.3, 0.4) is 0 Å². The molecule has 1 aliphatic rings. The number of carbonyl (C=O) groups is 1. The lowest BCUT2D eigenvalue weighted by Crippen LogP contribution is -2.25. The lowest BCUT2D eigenvalue weighted by atomic mass is 9.87. The molecule has 7 rings (SSSR count). The number of nitrogens with zero attached hydrogens (tertiary/aromatic N) is 1. The lowest BCUT2D eigenvalue weighted by molar-refractivity contribution is 0.00864. The summed E-state index contributed by atoms with van der Waals surface area (Å²) in [5.41, 5.74) is 11.0. The summed E-state index contributed by atoms with van der Waals surface area (Å²) in [5, 5.41) is 0.862. The monoisotopic (exact) mass is 613 g/mol. The molecule has 0 spiro atoms. The predicted octanol–water partition coefficient (Wildman–Crippen LogP) is 9.85. The highest BCUT2D eigenvalue weighted by molar-refractivity contribution is 7.98. The van der Waals surface area contributed by atoms with Gasteiger partial charge >= 0.3 is 5.97 Å². The van der Waals surface area contributed by atoms with E-state index in [2.05, 4.69) is 83.7 Å². The maximum Gasteiger partial charge on any atom is 0.337 e. The van der Waals surface area contributed by atoms with Crippen LogP contribution in [-0.2, 0) is 9.47 Å². The third-order valence-corrected chi connectivity index (χ3v) is 9.55. The molecule has 6 aromatic rings. The predicted molar refractivity (Wildman–Crippen MR) is 180 cm³/mol. The van der Waals surface area contributed by atoms with Crippen LogP contribution in [0.4, 0.5) is 4.39 Å². The molecule has 1 fully saturated rings. The van der Waals surface area contributed by atoms with Gasteiger partial charge in [-0.2, -0.15) is 0 Å². The van der Waals surface area contributed by atoms with E-state index in [0.717, 1.165) is 54.9 Å². The van der Waals surface area contributed by atoms with Crippen LogP contribution in [0.15, 0.2) is 114 Å². The molecular formula is C39H32FNO3S. The molecule has 0 radical (unpaired) electrons. The van der Waals surface area contributed by atoms with E-state index in [1.165, 1.54) is 24.3 Å². The molecule has 1 aromatic heterocycles. The van der Waals surface area contributed by atoms with Crippen LogP contribution in [0.25, 0.3) is 44.4 Å². The largest absolute Gasteiger partial charge is 0.465 e. The Morgan fingerprint density at radius 3 is 2.36 bits per heavy atom. The first-order chi connectivity index (χ1) is 21.9. The molecule has 0 bridgehead atoms. The number of carbonyl (C=O) groups excluding carboxylic acids is 1. The van der Waals surface area contributed by atoms with Gasteiger partial charge in [0.15, 0.2) is 0 Å². The van der Waals surface area contributed by atoms with Crippen molar-refractivity contribution >= 4 is 28.8 Å². The van der Waals surface area contributed by atoms with E-state index in [1.54, 1.807) is 24.1 Å². The second-order valence-corrected chi connectivity index (χ2v) is 12.5. The van der Waals surface area contributed by atoms with Gasteiger partial charge in [-0.1, -0.05) is 66.2 Å². The van der Waals surface area contributed by atoms with E-state index in [-0.39, 0.29) is 17.7 Å². The number of rotatable bonds is 7. The molecule has 0 unspecified atom stereocenters. The number of aromatic nitrogens is 1. The van der Waals surface area contributed by atoms with Crippen molar-refractivity contribution in [3.05, 3.63) is 137 Å². The topological polar surface area (TPSA) is 40.5 Å². The molecule has 0 aliphatic carbocycles. The molecule has 0 N–H and O–H groups in total. The summed E-state index contributed by atoms with van der Waals surface area (Å²) in [7, 11) is 1.39. The Morgan fingerprint density at radius 2 is 1.62 bits per heavy atom. The van der Waals surface area contributed by atoms with E-state index < -0.39 is 0 Å². The molecule has 1 saturated heterocycles. The van der Waals surface area contributed by atoms with Crippen LogP contribution in [0, 0.1) is 19.7 Å². The second-order valence-electron chi connectivity index (χ2n) is 11.5. The number of fused-ring (bicyclic) bond motifs is 1. The summed E-state index contributed by atoms with van der Waals surface area (Å²) in [6, 6.07) is 36.1. The molecule has 4 nitrogen and oxygen atoms in total. The molecule has 5 aromatic carbocycles. The van der Waals surface area contributed by atoms with E-state index in [1.807, 2.05) is 25.1 Å². The van der Waals surface area contributed by atoms with Crippen molar-refractivity contribution in [3.63, 3.8) is 0 Å². The first-order valence-corrected chi connectivity index (χ1v) is 15.7. The Hall–Kier alpha value is -4.65. The molecule has 1 aliphatic heterocycles. The highest BCUT2D eigenvalue weighted by Gasteiger charge is 2.28. The number of ether oxygens (including phenoxy) is 2. The third-order valence-electron chi connectivity index (χ3n) is 8.51. The number of aryl methyl sites for hydroxylation is 2. The minimum Gasteiger partial charge on any atom is -0.465 e. The standard InChI is InChI=1S/C39H32FNO3S/c1-24-11-15-31(16-12-24)45-41-36-18-14-30(40)21-35(36)37(34-10-5-4-9-33(34)29-22-44-23-29)38(41)27-8-6-7-26(20-27)32-17-13-28(19-25(32)2)39(42)43-3/h4-21,29H,22-23H2,1-3H3. The van der Waals surface area contributed by atoms with E-state index in [9.17, 15) is 4.79 Å². The van der Waals surface area contributed by atoms with Crippen molar-refractivity contribution in [2.45, 2.75) is 24.7 Å². The van der Waals surface area contributed by atoms with Crippen molar-refractivity contribution in [1.29, 1.82) is 0 Å². The Balaban J connectivity index is 1.49. The van der Waals surface area contributed by atoms with Gasteiger partial charge in [0.25, 0.3) is 0 Å². The number of benzene rings is 5. The fourth-order valence-electron chi connectivity index (χ4n) is 6.13. The molecular weight excluding hydrogens is 581 g/mol. The van der Waals surface area contributed by atoms with Gasteiger partial charge in [-0.3, -0.25) is 3.97 Å².